The molecule has 1 amide bonds. The fraction of sp³-hybridized carbons (Fsp3) is 0.562. The van der Waals surface area contributed by atoms with Crippen LogP contribution in [0.3, 0.4) is 0 Å². The van der Waals surface area contributed by atoms with Crippen LogP contribution in [0.25, 0.3) is 0 Å². The van der Waals surface area contributed by atoms with Crippen molar-refractivity contribution in [1.82, 2.24) is 10.2 Å². The van der Waals surface area contributed by atoms with Gasteiger partial charge in [0.15, 0.2) is 16.4 Å². The quantitative estimate of drug-likeness (QED) is 0.805. The number of nitrogens with one attached hydrogen (secondary N) is 1. The van der Waals surface area contributed by atoms with Crippen molar-refractivity contribution in [3.8, 4) is 5.75 Å². The number of hydrogen-bond acceptors (Lipinski definition) is 5. The van der Waals surface area contributed by atoms with Crippen molar-refractivity contribution in [3.63, 3.8) is 0 Å². The third-order valence-electron chi connectivity index (χ3n) is 4.53. The van der Waals surface area contributed by atoms with Gasteiger partial charge in [-0.2, -0.15) is 0 Å². The van der Waals surface area contributed by atoms with Crippen LogP contribution >= 0.6 is 23.2 Å². The lowest BCUT2D eigenvalue weighted by molar-refractivity contribution is -0.124. The van der Waals surface area contributed by atoms with E-state index in [0.717, 1.165) is 25.9 Å². The van der Waals surface area contributed by atoms with Gasteiger partial charge in [0.05, 0.1) is 22.6 Å². The first kappa shape index (κ1) is 18.8. The standard InChI is InChI=1S/C16H20Cl2N2O4S/c17-11-3-4-15(12(18)7-11)24-8-16(21)19-13-9-25(22,23)10-14(13)20-5-1-2-6-20/h3-4,7,13-14H,1-2,5-6,8-10H2,(H,19,21). The van der Waals surface area contributed by atoms with Crippen molar-refractivity contribution in [3.05, 3.63) is 28.2 Å². The Labute approximate surface area is 157 Å². The van der Waals surface area contributed by atoms with Gasteiger partial charge >= 0.3 is 0 Å². The molecule has 25 heavy (non-hydrogen) atoms. The zero-order valence-corrected chi connectivity index (χ0v) is 15.9. The van der Waals surface area contributed by atoms with E-state index in [1.54, 1.807) is 12.1 Å². The minimum atomic E-state index is -3.14. The van der Waals surface area contributed by atoms with E-state index in [-0.39, 0.29) is 30.1 Å². The Hall–Kier alpha value is -1.02. The summed E-state index contributed by atoms with van der Waals surface area (Å²) in [4.78, 5) is 14.4. The Kier molecular flexibility index (Phi) is 5.78. The van der Waals surface area contributed by atoms with Crippen molar-refractivity contribution >= 4 is 38.9 Å². The van der Waals surface area contributed by atoms with E-state index in [1.807, 2.05) is 0 Å². The minimum absolute atomic E-state index is 0.0262. The normalized spacial score (nSPS) is 25.8. The van der Waals surface area contributed by atoms with Crippen LogP contribution < -0.4 is 10.1 Å². The lowest BCUT2D eigenvalue weighted by Gasteiger charge is -2.28. The van der Waals surface area contributed by atoms with Crippen molar-refractivity contribution in [2.75, 3.05) is 31.2 Å². The number of hydrogen-bond donors (Lipinski definition) is 1. The highest BCUT2D eigenvalue weighted by atomic mass is 35.5. The lowest BCUT2D eigenvalue weighted by atomic mass is 10.1. The van der Waals surface area contributed by atoms with E-state index in [0.29, 0.717) is 15.8 Å². The molecule has 1 N–H and O–H groups in total. The summed E-state index contributed by atoms with van der Waals surface area (Å²) in [6.07, 6.45) is 2.13. The molecule has 2 aliphatic rings. The van der Waals surface area contributed by atoms with Crippen molar-refractivity contribution in [2.45, 2.75) is 24.9 Å². The largest absolute Gasteiger partial charge is 0.482 e. The maximum atomic E-state index is 12.2. The minimum Gasteiger partial charge on any atom is -0.482 e. The van der Waals surface area contributed by atoms with Gasteiger partial charge in [-0.05, 0) is 44.1 Å². The smallest absolute Gasteiger partial charge is 0.258 e. The summed E-state index contributed by atoms with van der Waals surface area (Å²) in [5.74, 6) is 0.0670. The molecular formula is C16H20Cl2N2O4S. The van der Waals surface area contributed by atoms with Gasteiger partial charge in [0.2, 0.25) is 0 Å². The number of carbonyl (C=O) groups is 1. The average Bonchev–Trinajstić information content (AvgIpc) is 3.14. The van der Waals surface area contributed by atoms with E-state index < -0.39 is 15.9 Å². The first-order valence-corrected chi connectivity index (χ1v) is 10.7. The fourth-order valence-electron chi connectivity index (χ4n) is 3.38. The number of likely N-dealkylation sites (tertiary alicyclic amines) is 1. The van der Waals surface area contributed by atoms with Crippen LogP contribution in [0.15, 0.2) is 18.2 Å². The van der Waals surface area contributed by atoms with E-state index >= 15 is 0 Å². The summed E-state index contributed by atoms with van der Waals surface area (Å²) in [7, 11) is -3.14. The third kappa shape index (κ3) is 4.78. The first-order chi connectivity index (χ1) is 11.8. The highest BCUT2D eigenvalue weighted by Crippen LogP contribution is 2.27. The number of rotatable bonds is 5. The second kappa shape index (κ2) is 7.70. The van der Waals surface area contributed by atoms with Crippen molar-refractivity contribution < 1.29 is 17.9 Å². The number of benzene rings is 1. The van der Waals surface area contributed by atoms with Crippen LogP contribution in [-0.2, 0) is 14.6 Å². The van der Waals surface area contributed by atoms with Gasteiger partial charge in [-0.15, -0.1) is 0 Å². The van der Waals surface area contributed by atoms with E-state index in [1.165, 1.54) is 6.07 Å². The molecule has 6 nitrogen and oxygen atoms in total. The lowest BCUT2D eigenvalue weighted by Crippen LogP contribution is -2.51. The molecule has 2 aliphatic heterocycles. The summed E-state index contributed by atoms with van der Waals surface area (Å²) < 4.78 is 29.4. The van der Waals surface area contributed by atoms with Gasteiger partial charge < -0.3 is 10.1 Å². The Morgan fingerprint density at radius 1 is 1.24 bits per heavy atom. The topological polar surface area (TPSA) is 75.7 Å². The highest BCUT2D eigenvalue weighted by Gasteiger charge is 2.42. The van der Waals surface area contributed by atoms with Crippen molar-refractivity contribution in [2.24, 2.45) is 0 Å². The number of carbonyl (C=O) groups excluding carboxylic acids is 1. The first-order valence-electron chi connectivity index (χ1n) is 8.16. The molecule has 2 unspecified atom stereocenters. The SMILES string of the molecule is O=C(COc1ccc(Cl)cc1Cl)NC1CS(=O)(=O)CC1N1CCCC1. The molecule has 2 heterocycles. The van der Waals surface area contributed by atoms with Crippen LogP contribution in [0.2, 0.25) is 10.0 Å². The molecule has 138 valence electrons. The zero-order chi connectivity index (χ0) is 18.0. The molecule has 3 rings (SSSR count). The van der Waals surface area contributed by atoms with Gasteiger partial charge in [-0.3, -0.25) is 9.69 Å². The Balaban J connectivity index is 1.59. The monoisotopic (exact) mass is 406 g/mol. The molecule has 0 aliphatic carbocycles. The number of sulfone groups is 1. The molecule has 1 aromatic rings. The molecule has 0 radical (unpaired) electrons. The third-order valence-corrected chi connectivity index (χ3v) is 6.78. The maximum absolute atomic E-state index is 12.2. The summed E-state index contributed by atoms with van der Waals surface area (Å²) in [5, 5.41) is 3.61. The molecule has 2 atom stereocenters. The Morgan fingerprint density at radius 2 is 1.96 bits per heavy atom. The van der Waals surface area contributed by atoms with Crippen molar-refractivity contribution in [1.29, 1.82) is 0 Å². The maximum Gasteiger partial charge on any atom is 0.258 e. The summed E-state index contributed by atoms with van der Waals surface area (Å²) in [6.45, 7) is 1.53. The van der Waals surface area contributed by atoms with Crippen LogP contribution in [0.5, 0.6) is 5.75 Å². The molecule has 0 bridgehead atoms. The van der Waals surface area contributed by atoms with Crippen LogP contribution in [0, 0.1) is 0 Å². The number of amides is 1. The van der Waals surface area contributed by atoms with Crippen LogP contribution in [-0.4, -0.2) is 62.5 Å². The molecule has 0 spiro atoms. The number of nitrogens with zero attached hydrogens (tertiary/aromatic N) is 1. The van der Waals surface area contributed by atoms with Gasteiger partial charge in [0.25, 0.3) is 5.91 Å². The molecule has 2 saturated heterocycles. The molecule has 0 saturated carbocycles. The second-order valence-electron chi connectivity index (χ2n) is 6.42. The van der Waals surface area contributed by atoms with Gasteiger partial charge in [0.1, 0.15) is 5.75 Å². The van der Waals surface area contributed by atoms with Gasteiger partial charge in [-0.1, -0.05) is 23.2 Å². The van der Waals surface area contributed by atoms with E-state index in [9.17, 15) is 13.2 Å². The molecule has 0 aromatic heterocycles. The molecule has 2 fully saturated rings. The summed E-state index contributed by atoms with van der Waals surface area (Å²) in [5.41, 5.74) is 0. The summed E-state index contributed by atoms with van der Waals surface area (Å²) in [6, 6.07) is 4.18. The number of ether oxygens (including phenoxy) is 1. The second-order valence-corrected chi connectivity index (χ2v) is 9.42. The summed E-state index contributed by atoms with van der Waals surface area (Å²) >= 11 is 11.8. The van der Waals surface area contributed by atoms with E-state index in [4.69, 9.17) is 27.9 Å². The predicted molar refractivity (Wildman–Crippen MR) is 97.1 cm³/mol. The Bertz CT molecular complexity index is 751. The van der Waals surface area contributed by atoms with Gasteiger partial charge in [-0.25, -0.2) is 8.42 Å². The fourth-order valence-corrected chi connectivity index (χ4v) is 5.80. The Morgan fingerprint density at radius 3 is 2.64 bits per heavy atom. The van der Waals surface area contributed by atoms with Crippen LogP contribution in [0.1, 0.15) is 12.8 Å². The number of halogens is 2. The molecular weight excluding hydrogens is 387 g/mol. The molecule has 1 aromatic carbocycles. The van der Waals surface area contributed by atoms with E-state index in [2.05, 4.69) is 10.2 Å². The predicted octanol–water partition coefficient (Wildman–Crippen LogP) is 1.75. The zero-order valence-electron chi connectivity index (χ0n) is 13.6. The van der Waals surface area contributed by atoms with Crippen LogP contribution in [0.4, 0.5) is 0 Å². The van der Waals surface area contributed by atoms with Gasteiger partial charge in [0, 0.05) is 11.1 Å². The molecule has 9 heteroatoms. The average molecular weight is 407 g/mol. The highest BCUT2D eigenvalue weighted by molar-refractivity contribution is 7.91.